The lowest BCUT2D eigenvalue weighted by atomic mass is 9.87. The van der Waals surface area contributed by atoms with Gasteiger partial charge in [0, 0.05) is 30.5 Å². The molecule has 0 aromatic heterocycles. The van der Waals surface area contributed by atoms with Crippen LogP contribution in [0.15, 0.2) is 18.2 Å². The van der Waals surface area contributed by atoms with Crippen molar-refractivity contribution in [3.8, 4) is 0 Å². The van der Waals surface area contributed by atoms with Crippen LogP contribution in [0, 0.1) is 5.41 Å². The number of esters is 1. The molecule has 2 N–H and O–H groups in total. The van der Waals surface area contributed by atoms with Gasteiger partial charge in [0.05, 0.1) is 6.54 Å². The molecule has 0 bridgehead atoms. The predicted molar refractivity (Wildman–Crippen MR) is 145 cm³/mol. The third-order valence-corrected chi connectivity index (χ3v) is 7.16. The van der Waals surface area contributed by atoms with Crippen molar-refractivity contribution in [1.82, 2.24) is 15.5 Å². The van der Waals surface area contributed by atoms with Crippen LogP contribution in [-0.2, 0) is 48.1 Å². The average molecular weight is 572 g/mol. The number of amides is 3. The van der Waals surface area contributed by atoms with Crippen molar-refractivity contribution >= 4 is 46.7 Å². The molecule has 1 unspecified atom stereocenters. The van der Waals surface area contributed by atoms with Crippen LogP contribution in [-0.4, -0.2) is 69.1 Å². The lowest BCUT2D eigenvalue weighted by Gasteiger charge is -2.39. The fraction of sp³-hybridized carbons (Fsp3) is 0.615. The quantitative estimate of drug-likeness (QED) is 0.379. The molecule has 1 saturated heterocycles. The number of benzene rings is 1. The van der Waals surface area contributed by atoms with Gasteiger partial charge in [0.25, 0.3) is 5.91 Å². The number of rotatable bonds is 7. The normalized spacial score (nSPS) is 18.8. The molecule has 212 valence electrons. The van der Waals surface area contributed by atoms with Gasteiger partial charge in [-0.15, -0.1) is 0 Å². The summed E-state index contributed by atoms with van der Waals surface area (Å²) in [7, 11) is 0. The Balaban J connectivity index is 2.17. The van der Waals surface area contributed by atoms with Crippen LogP contribution in [0.3, 0.4) is 0 Å². The average Bonchev–Trinajstić information content (AvgIpc) is 2.78. The first-order valence-corrected chi connectivity index (χ1v) is 14.2. The fourth-order valence-corrected chi connectivity index (χ4v) is 5.26. The van der Waals surface area contributed by atoms with Crippen molar-refractivity contribution in [1.29, 1.82) is 0 Å². The summed E-state index contributed by atoms with van der Waals surface area (Å²) in [6.07, 6.45) is -1.68. The molecular weight excluding hydrogens is 534 g/mol. The number of nitrogens with zero attached hydrogens (tertiary/aromatic N) is 1. The molecule has 1 aromatic rings. The van der Waals surface area contributed by atoms with Crippen LogP contribution >= 0.6 is 11.6 Å². The van der Waals surface area contributed by atoms with Gasteiger partial charge in [-0.3, -0.25) is 14.4 Å². The Bertz CT molecular complexity index is 1040. The second-order valence-corrected chi connectivity index (χ2v) is 13.3. The molecule has 1 aromatic carbocycles. The number of ether oxygens (including phenoxy) is 2. The van der Waals surface area contributed by atoms with Crippen molar-refractivity contribution in [2.45, 2.75) is 79.3 Å². The summed E-state index contributed by atoms with van der Waals surface area (Å²) >= 11 is 4.88. The Morgan fingerprint density at radius 1 is 1.11 bits per heavy atom. The molecule has 1 heterocycles. The third-order valence-electron chi connectivity index (χ3n) is 5.60. The van der Waals surface area contributed by atoms with E-state index >= 15 is 0 Å². The van der Waals surface area contributed by atoms with Gasteiger partial charge in [0.15, 0.2) is 12.1 Å². The lowest BCUT2D eigenvalue weighted by Crippen LogP contribution is -2.61. The maximum atomic E-state index is 13.4. The molecule has 38 heavy (non-hydrogen) atoms. The standard InChI is InChI=1S/C26H38ClN3O7S/c1-16(31)36-21(25(2,3)4)23(33)30-10-11-38(35)15-20(30)22(32)28-14-18-12-19(27)9-8-17(18)13-29-24(34)37-26(5,6)7/h8-9,12,20-21H,10-11,13-15H2,1-7H3,(H,28,32)(H,29,34)/t20-,21-,38?/m0/s1. The SMILES string of the molecule is CC(=O)O[C@@H](C(=O)N1CC[S+]([O-])C[C@H]1C(=O)NCc1cc(Cl)ccc1CNC(=O)OC(C)(C)C)C(C)(C)C. The highest BCUT2D eigenvalue weighted by Crippen LogP contribution is 2.27. The van der Waals surface area contributed by atoms with Gasteiger partial charge < -0.3 is 29.6 Å². The molecule has 1 fully saturated rings. The topological polar surface area (TPSA) is 137 Å². The minimum absolute atomic E-state index is 0.0306. The number of halogens is 1. The monoisotopic (exact) mass is 571 g/mol. The Morgan fingerprint density at radius 2 is 1.74 bits per heavy atom. The van der Waals surface area contributed by atoms with Crippen LogP contribution in [0.25, 0.3) is 0 Å². The predicted octanol–water partition coefficient (Wildman–Crippen LogP) is 2.92. The van der Waals surface area contributed by atoms with E-state index in [0.717, 1.165) is 0 Å². The Morgan fingerprint density at radius 3 is 2.32 bits per heavy atom. The fourth-order valence-electron chi connectivity index (χ4n) is 3.81. The molecule has 0 spiro atoms. The van der Waals surface area contributed by atoms with Crippen molar-refractivity contribution in [3.63, 3.8) is 0 Å². The number of nitrogens with one attached hydrogen (secondary N) is 2. The molecule has 3 atom stereocenters. The van der Waals surface area contributed by atoms with Gasteiger partial charge in [-0.2, -0.15) is 0 Å². The van der Waals surface area contributed by atoms with Crippen molar-refractivity contribution in [2.75, 3.05) is 18.1 Å². The molecule has 0 aliphatic carbocycles. The third kappa shape index (κ3) is 9.67. The molecule has 0 radical (unpaired) electrons. The molecule has 1 aliphatic heterocycles. The lowest BCUT2D eigenvalue weighted by molar-refractivity contribution is -0.167. The molecule has 2 rings (SSSR count). The summed E-state index contributed by atoms with van der Waals surface area (Å²) in [5.41, 5.74) is 0.00992. The van der Waals surface area contributed by atoms with Gasteiger partial charge in [0.2, 0.25) is 5.91 Å². The second-order valence-electron chi connectivity index (χ2n) is 11.2. The largest absolute Gasteiger partial charge is 0.616 e. The Hall–Kier alpha value is -2.50. The summed E-state index contributed by atoms with van der Waals surface area (Å²) < 4.78 is 22.9. The Labute approximate surface area is 232 Å². The van der Waals surface area contributed by atoms with Gasteiger partial charge in [0.1, 0.15) is 17.1 Å². The van der Waals surface area contributed by atoms with Crippen molar-refractivity contribution < 1.29 is 33.2 Å². The van der Waals surface area contributed by atoms with Crippen LogP contribution in [0.2, 0.25) is 5.02 Å². The van der Waals surface area contributed by atoms with Gasteiger partial charge in [-0.1, -0.05) is 38.4 Å². The van der Waals surface area contributed by atoms with Crippen LogP contribution in [0.1, 0.15) is 59.6 Å². The minimum atomic E-state index is -1.29. The smallest absolute Gasteiger partial charge is 0.407 e. The van der Waals surface area contributed by atoms with Crippen molar-refractivity contribution in [3.05, 3.63) is 34.3 Å². The number of hydrogen-bond acceptors (Lipinski definition) is 7. The van der Waals surface area contributed by atoms with Crippen LogP contribution in [0.5, 0.6) is 0 Å². The van der Waals surface area contributed by atoms with E-state index < -0.39 is 58.2 Å². The minimum Gasteiger partial charge on any atom is -0.616 e. The van der Waals surface area contributed by atoms with E-state index in [1.165, 1.54) is 11.8 Å². The zero-order chi connectivity index (χ0) is 28.8. The first-order valence-electron chi connectivity index (χ1n) is 12.3. The van der Waals surface area contributed by atoms with E-state index in [1.54, 1.807) is 59.7 Å². The summed E-state index contributed by atoms with van der Waals surface area (Å²) in [6.45, 7) is 12.1. The number of hydrogen-bond donors (Lipinski definition) is 2. The second kappa shape index (κ2) is 13.0. The van der Waals surface area contributed by atoms with E-state index in [-0.39, 0.29) is 31.1 Å². The van der Waals surface area contributed by atoms with Gasteiger partial charge >= 0.3 is 12.1 Å². The first kappa shape index (κ1) is 31.7. The van der Waals surface area contributed by atoms with E-state index in [0.29, 0.717) is 16.1 Å². The Kier molecular flexibility index (Phi) is 10.9. The van der Waals surface area contributed by atoms with Crippen LogP contribution in [0.4, 0.5) is 4.79 Å². The number of carbonyl (C=O) groups is 4. The zero-order valence-corrected chi connectivity index (χ0v) is 24.6. The van der Waals surface area contributed by atoms with Crippen LogP contribution < -0.4 is 10.6 Å². The zero-order valence-electron chi connectivity index (χ0n) is 23.0. The van der Waals surface area contributed by atoms with Gasteiger partial charge in [-0.05, 0) is 55.2 Å². The highest BCUT2D eigenvalue weighted by Gasteiger charge is 2.44. The summed E-state index contributed by atoms with van der Waals surface area (Å²) in [5, 5.41) is 5.94. The summed E-state index contributed by atoms with van der Waals surface area (Å²) in [6, 6.07) is 4.08. The number of carbonyl (C=O) groups excluding carboxylic acids is 4. The molecule has 1 aliphatic rings. The van der Waals surface area contributed by atoms with E-state index in [9.17, 15) is 23.7 Å². The molecule has 0 saturated carbocycles. The summed E-state index contributed by atoms with van der Waals surface area (Å²) in [4.78, 5) is 51.8. The highest BCUT2D eigenvalue weighted by atomic mass is 35.5. The van der Waals surface area contributed by atoms with Gasteiger partial charge in [-0.25, -0.2) is 4.79 Å². The maximum Gasteiger partial charge on any atom is 0.407 e. The molecule has 3 amide bonds. The molecule has 10 nitrogen and oxygen atoms in total. The van der Waals surface area contributed by atoms with E-state index in [4.69, 9.17) is 21.1 Å². The first-order chi connectivity index (χ1) is 17.5. The molecular formula is C26H38ClN3O7S. The maximum absolute atomic E-state index is 13.4. The van der Waals surface area contributed by atoms with E-state index in [1.807, 2.05) is 0 Å². The number of alkyl carbamates (subject to hydrolysis) is 1. The molecule has 12 heteroatoms. The van der Waals surface area contributed by atoms with E-state index in [2.05, 4.69) is 10.6 Å². The highest BCUT2D eigenvalue weighted by molar-refractivity contribution is 7.91. The summed E-state index contributed by atoms with van der Waals surface area (Å²) in [5.74, 6) is -1.41. The van der Waals surface area contributed by atoms with Crippen molar-refractivity contribution in [2.24, 2.45) is 5.41 Å².